The number of esters is 1. The Hall–Kier alpha value is -1.95. The highest BCUT2D eigenvalue weighted by Gasteiger charge is 2.29. The maximum atomic E-state index is 13.7. The molecule has 2 atom stereocenters. The van der Waals surface area contributed by atoms with Crippen molar-refractivity contribution in [2.24, 2.45) is 11.7 Å². The van der Waals surface area contributed by atoms with Gasteiger partial charge in [0.25, 0.3) is 5.91 Å². The summed E-state index contributed by atoms with van der Waals surface area (Å²) in [6.07, 6.45) is 1.66. The highest BCUT2D eigenvalue weighted by atomic mass is 19.1. The van der Waals surface area contributed by atoms with Crippen LogP contribution in [0.15, 0.2) is 24.3 Å². The molecule has 22 heavy (non-hydrogen) atoms. The highest BCUT2D eigenvalue weighted by molar-refractivity contribution is 5.94. The molecule has 6 heteroatoms. The smallest absolute Gasteiger partial charge is 0.305 e. The number of amides is 1. The summed E-state index contributed by atoms with van der Waals surface area (Å²) in [6, 6.07) is 5.77. The molecule has 1 fully saturated rings. The van der Waals surface area contributed by atoms with Crippen molar-refractivity contribution < 1.29 is 18.7 Å². The fourth-order valence-electron chi connectivity index (χ4n) is 2.85. The van der Waals surface area contributed by atoms with Crippen LogP contribution in [0.2, 0.25) is 0 Å². The fraction of sp³-hybridized carbons (Fsp3) is 0.500. The van der Waals surface area contributed by atoms with Crippen LogP contribution in [0, 0.1) is 11.7 Å². The minimum atomic E-state index is -0.530. The molecule has 1 aliphatic rings. The molecule has 0 aromatic heterocycles. The van der Waals surface area contributed by atoms with Crippen LogP contribution in [0.5, 0.6) is 0 Å². The number of benzene rings is 1. The van der Waals surface area contributed by atoms with Crippen LogP contribution in [0.25, 0.3) is 0 Å². The Morgan fingerprint density at radius 3 is 2.77 bits per heavy atom. The van der Waals surface area contributed by atoms with E-state index in [1.165, 1.54) is 19.2 Å². The lowest BCUT2D eigenvalue weighted by atomic mass is 9.90. The fourth-order valence-corrected chi connectivity index (χ4v) is 2.85. The van der Waals surface area contributed by atoms with E-state index in [0.717, 1.165) is 6.42 Å². The van der Waals surface area contributed by atoms with Crippen molar-refractivity contribution in [2.45, 2.75) is 25.3 Å². The summed E-state index contributed by atoms with van der Waals surface area (Å²) in [7, 11) is 1.35. The average molecular weight is 308 g/mol. The molecule has 0 radical (unpaired) electrons. The van der Waals surface area contributed by atoms with Gasteiger partial charge in [0.15, 0.2) is 0 Å². The molecule has 2 N–H and O–H groups in total. The van der Waals surface area contributed by atoms with E-state index in [1.54, 1.807) is 17.0 Å². The van der Waals surface area contributed by atoms with Crippen LogP contribution in [-0.2, 0) is 9.53 Å². The summed E-state index contributed by atoms with van der Waals surface area (Å²) in [4.78, 5) is 25.3. The van der Waals surface area contributed by atoms with Gasteiger partial charge in [-0.2, -0.15) is 0 Å². The van der Waals surface area contributed by atoms with Crippen LogP contribution < -0.4 is 5.73 Å². The topological polar surface area (TPSA) is 72.6 Å². The van der Waals surface area contributed by atoms with E-state index in [4.69, 9.17) is 5.73 Å². The van der Waals surface area contributed by atoms with Crippen molar-refractivity contribution in [2.75, 3.05) is 20.2 Å². The minimum absolute atomic E-state index is 0.0586. The van der Waals surface area contributed by atoms with Crippen LogP contribution in [-0.4, -0.2) is 43.0 Å². The summed E-state index contributed by atoms with van der Waals surface area (Å²) >= 11 is 0. The van der Waals surface area contributed by atoms with E-state index in [0.29, 0.717) is 25.9 Å². The lowest BCUT2D eigenvalue weighted by Crippen LogP contribution is -2.49. The zero-order valence-corrected chi connectivity index (χ0v) is 12.6. The first-order valence-electron chi connectivity index (χ1n) is 7.37. The molecule has 120 valence electrons. The van der Waals surface area contributed by atoms with Crippen molar-refractivity contribution in [3.63, 3.8) is 0 Å². The van der Waals surface area contributed by atoms with Gasteiger partial charge in [-0.25, -0.2) is 4.39 Å². The largest absolute Gasteiger partial charge is 0.469 e. The van der Waals surface area contributed by atoms with Crippen molar-refractivity contribution in [3.05, 3.63) is 35.6 Å². The van der Waals surface area contributed by atoms with Crippen molar-refractivity contribution in [1.82, 2.24) is 4.90 Å². The third-order valence-corrected chi connectivity index (χ3v) is 3.95. The number of hydrogen-bond acceptors (Lipinski definition) is 4. The second-order valence-corrected chi connectivity index (χ2v) is 5.67. The molecule has 0 bridgehead atoms. The summed E-state index contributed by atoms with van der Waals surface area (Å²) in [6.45, 7) is 0.889. The van der Waals surface area contributed by atoms with Gasteiger partial charge in [0.05, 0.1) is 12.7 Å². The molecular formula is C16H21FN2O3. The molecule has 0 spiro atoms. The number of nitrogens with zero attached hydrogens (tertiary/aromatic N) is 1. The lowest BCUT2D eigenvalue weighted by molar-refractivity contribution is -0.141. The zero-order chi connectivity index (χ0) is 16.1. The van der Waals surface area contributed by atoms with Gasteiger partial charge < -0.3 is 15.4 Å². The Morgan fingerprint density at radius 2 is 2.09 bits per heavy atom. The van der Waals surface area contributed by atoms with E-state index in [9.17, 15) is 14.0 Å². The number of likely N-dealkylation sites (tertiary alicyclic amines) is 1. The zero-order valence-electron chi connectivity index (χ0n) is 12.6. The van der Waals surface area contributed by atoms with Gasteiger partial charge in [0.2, 0.25) is 0 Å². The number of carbonyl (C=O) groups excluding carboxylic acids is 2. The first kappa shape index (κ1) is 16.4. The van der Waals surface area contributed by atoms with E-state index in [2.05, 4.69) is 4.74 Å². The molecule has 2 rings (SSSR count). The number of nitrogens with two attached hydrogens (primary N) is 1. The number of hydrogen-bond donors (Lipinski definition) is 1. The second kappa shape index (κ2) is 7.35. The number of carbonyl (C=O) groups is 2. The summed E-state index contributed by atoms with van der Waals surface area (Å²) < 4.78 is 18.4. The van der Waals surface area contributed by atoms with Crippen LogP contribution in [0.1, 0.15) is 29.6 Å². The second-order valence-electron chi connectivity index (χ2n) is 5.67. The van der Waals surface area contributed by atoms with E-state index >= 15 is 0 Å². The number of halogens is 1. The monoisotopic (exact) mass is 308 g/mol. The maximum Gasteiger partial charge on any atom is 0.305 e. The Balaban J connectivity index is 2.03. The maximum absolute atomic E-state index is 13.7. The van der Waals surface area contributed by atoms with Crippen LogP contribution in [0.3, 0.4) is 0 Å². The van der Waals surface area contributed by atoms with Gasteiger partial charge in [0.1, 0.15) is 5.82 Å². The first-order valence-corrected chi connectivity index (χ1v) is 7.37. The van der Waals surface area contributed by atoms with E-state index in [1.807, 2.05) is 0 Å². The quantitative estimate of drug-likeness (QED) is 0.857. The summed E-state index contributed by atoms with van der Waals surface area (Å²) in [5.41, 5.74) is 6.06. The van der Waals surface area contributed by atoms with Gasteiger partial charge in [-0.15, -0.1) is 0 Å². The summed E-state index contributed by atoms with van der Waals surface area (Å²) in [5, 5.41) is 0. The third-order valence-electron chi connectivity index (χ3n) is 3.95. The Kier molecular flexibility index (Phi) is 5.49. The highest BCUT2D eigenvalue weighted by Crippen LogP contribution is 2.23. The van der Waals surface area contributed by atoms with Crippen LogP contribution >= 0.6 is 0 Å². The van der Waals surface area contributed by atoms with Gasteiger partial charge in [0, 0.05) is 25.6 Å². The number of ether oxygens (including phenoxy) is 1. The van der Waals surface area contributed by atoms with Gasteiger partial charge in [-0.05, 0) is 30.9 Å². The Labute approximate surface area is 129 Å². The van der Waals surface area contributed by atoms with Gasteiger partial charge >= 0.3 is 5.97 Å². The molecule has 0 aliphatic carbocycles. The normalized spacial score (nSPS) is 21.5. The molecule has 1 aromatic rings. The number of rotatable bonds is 4. The number of piperidine rings is 1. The first-order chi connectivity index (χ1) is 10.5. The summed E-state index contributed by atoms with van der Waals surface area (Å²) in [5.74, 6) is -1.03. The standard InChI is InChI=1S/C16H21FN2O3/c1-22-15(20)7-6-11-8-12(18)10-19(9-11)16(21)13-4-2-3-5-14(13)17/h2-5,11-12H,6-10,18H2,1H3. The van der Waals surface area contributed by atoms with Gasteiger partial charge in [-0.1, -0.05) is 12.1 Å². The third kappa shape index (κ3) is 4.04. The molecule has 1 aliphatic heterocycles. The predicted molar refractivity (Wildman–Crippen MR) is 79.6 cm³/mol. The van der Waals surface area contributed by atoms with Crippen molar-refractivity contribution in [1.29, 1.82) is 0 Å². The molecule has 1 aromatic carbocycles. The van der Waals surface area contributed by atoms with E-state index < -0.39 is 5.82 Å². The van der Waals surface area contributed by atoms with E-state index in [-0.39, 0.29) is 29.4 Å². The van der Waals surface area contributed by atoms with Crippen molar-refractivity contribution in [3.8, 4) is 0 Å². The molecule has 1 amide bonds. The molecule has 5 nitrogen and oxygen atoms in total. The minimum Gasteiger partial charge on any atom is -0.469 e. The predicted octanol–water partition coefficient (Wildman–Crippen LogP) is 1.57. The molecule has 0 saturated carbocycles. The Bertz CT molecular complexity index is 550. The molecular weight excluding hydrogens is 287 g/mol. The average Bonchev–Trinajstić information content (AvgIpc) is 2.52. The Morgan fingerprint density at radius 1 is 1.36 bits per heavy atom. The van der Waals surface area contributed by atoms with Gasteiger partial charge in [-0.3, -0.25) is 9.59 Å². The molecule has 2 unspecified atom stereocenters. The SMILES string of the molecule is COC(=O)CCC1CC(N)CN(C(=O)c2ccccc2F)C1. The van der Waals surface area contributed by atoms with Crippen LogP contribution in [0.4, 0.5) is 4.39 Å². The molecule has 1 heterocycles. The van der Waals surface area contributed by atoms with Crippen molar-refractivity contribution >= 4 is 11.9 Å². The lowest BCUT2D eigenvalue weighted by Gasteiger charge is -2.36. The molecule has 1 saturated heterocycles. The number of methoxy groups -OCH3 is 1.